The van der Waals surface area contributed by atoms with E-state index in [1.54, 1.807) is 18.2 Å². The number of halogens is 10. The molecule has 1 saturated heterocycles. The number of alkyl halides is 10. The summed E-state index contributed by atoms with van der Waals surface area (Å²) >= 11 is 0. The molecule has 72 heavy (non-hydrogen) atoms. The van der Waals surface area contributed by atoms with Crippen LogP contribution < -0.4 is 4.18 Å². The van der Waals surface area contributed by atoms with Crippen LogP contribution in [-0.4, -0.2) is 124 Å². The van der Waals surface area contributed by atoms with Crippen molar-refractivity contribution < 1.29 is 105 Å². The van der Waals surface area contributed by atoms with Gasteiger partial charge in [0.2, 0.25) is 0 Å². The van der Waals surface area contributed by atoms with Gasteiger partial charge in [-0.3, -0.25) is 13.9 Å². The molecule has 0 saturated carbocycles. The van der Waals surface area contributed by atoms with Crippen LogP contribution in [0.1, 0.15) is 51.6 Å². The first-order valence-corrected chi connectivity index (χ1v) is 25.9. The normalized spacial score (nSPS) is 15.2. The minimum absolute atomic E-state index is 0.150. The Morgan fingerprint density at radius 2 is 1.17 bits per heavy atom. The Morgan fingerprint density at radius 1 is 0.653 bits per heavy atom. The maximum absolute atomic E-state index is 14.1. The van der Waals surface area contributed by atoms with Crippen LogP contribution in [0.4, 0.5) is 43.9 Å². The minimum atomic E-state index is -7.10. The molecule has 0 bridgehead atoms. The fourth-order valence-electron chi connectivity index (χ4n) is 6.39. The molecule has 1 aliphatic rings. The van der Waals surface area contributed by atoms with Crippen molar-refractivity contribution in [2.24, 2.45) is 0 Å². The molecule has 5 rings (SSSR count). The van der Waals surface area contributed by atoms with Crippen molar-refractivity contribution in [2.75, 3.05) is 32.8 Å². The van der Waals surface area contributed by atoms with E-state index in [-0.39, 0.29) is 22.9 Å². The summed E-state index contributed by atoms with van der Waals surface area (Å²) in [5.41, 5.74) is 3.07. The van der Waals surface area contributed by atoms with Crippen molar-refractivity contribution in [3.63, 3.8) is 0 Å². The summed E-state index contributed by atoms with van der Waals surface area (Å²) in [6.45, 7) is 4.45. The summed E-state index contributed by atoms with van der Waals surface area (Å²) in [6.07, 6.45) is 4.28. The van der Waals surface area contributed by atoms with Crippen LogP contribution in [0, 0.1) is 0 Å². The predicted octanol–water partition coefficient (Wildman–Crippen LogP) is 7.67. The van der Waals surface area contributed by atoms with E-state index in [4.69, 9.17) is 13.8 Å². The van der Waals surface area contributed by atoms with Crippen LogP contribution in [0.15, 0.2) is 98.1 Å². The first-order valence-electron chi connectivity index (χ1n) is 20.1. The zero-order valence-corrected chi connectivity index (χ0v) is 39.8. The number of fused-ring (bicyclic) bond motifs is 1. The Labute approximate surface area is 405 Å². The molecular formula is C42H40F10N2O14S4. The average Bonchev–Trinajstić information content (AvgIpc) is 3.31. The second-order valence-corrected chi connectivity index (χ2v) is 21.7. The Hall–Kier alpha value is -5.50. The number of ether oxygens (including phenoxy) is 1. The number of carbonyl (C=O) groups excluding carboxylic acids is 2. The molecule has 2 N–H and O–H groups in total. The van der Waals surface area contributed by atoms with Gasteiger partial charge in [0.05, 0.1) is 6.10 Å². The molecule has 30 heteroatoms. The van der Waals surface area contributed by atoms with Crippen molar-refractivity contribution in [3.8, 4) is 5.75 Å². The monoisotopic (exact) mass is 1110 g/mol. The van der Waals surface area contributed by atoms with E-state index in [0.29, 0.717) is 24.0 Å². The van der Waals surface area contributed by atoms with Crippen LogP contribution in [0.5, 0.6) is 5.75 Å². The lowest BCUT2D eigenvalue weighted by molar-refractivity contribution is -0.247. The highest BCUT2D eigenvalue weighted by atomic mass is 32.2. The Bertz CT molecular complexity index is 3100. The predicted molar refractivity (Wildman–Crippen MR) is 238 cm³/mol. The van der Waals surface area contributed by atoms with E-state index in [2.05, 4.69) is 17.3 Å². The number of aldehydes is 1. The van der Waals surface area contributed by atoms with Crippen LogP contribution in [0.25, 0.3) is 22.9 Å². The molecular weight excluding hydrogens is 1070 g/mol. The van der Waals surface area contributed by atoms with E-state index >= 15 is 0 Å². The quantitative estimate of drug-likeness (QED) is 0.0268. The van der Waals surface area contributed by atoms with Gasteiger partial charge in [0, 0.05) is 51.2 Å². The second-order valence-electron chi connectivity index (χ2n) is 15.2. The summed E-state index contributed by atoms with van der Waals surface area (Å²) < 4.78 is 253. The second kappa shape index (κ2) is 21.9. The molecule has 0 spiro atoms. The highest BCUT2D eigenvalue weighted by Crippen LogP contribution is 2.51. The largest absolute Gasteiger partial charge is 0.460 e. The van der Waals surface area contributed by atoms with Crippen LogP contribution in [-0.2, 0) is 56.3 Å². The zero-order valence-electron chi connectivity index (χ0n) is 36.6. The first kappa shape index (κ1) is 59.1. The maximum Gasteiger partial charge on any atom is 0.460 e. The Morgan fingerprint density at radius 3 is 1.68 bits per heavy atom. The van der Waals surface area contributed by atoms with E-state index in [1.165, 1.54) is 30.3 Å². The van der Waals surface area contributed by atoms with E-state index < -0.39 is 111 Å². The highest BCUT2D eigenvalue weighted by Gasteiger charge is 2.82. The number of nitrogens with zero attached hydrogens (tertiary/aromatic N) is 2. The molecule has 1 fully saturated rings. The van der Waals surface area contributed by atoms with Crippen molar-refractivity contribution in [1.29, 1.82) is 0 Å². The summed E-state index contributed by atoms with van der Waals surface area (Å²) in [5.74, 6) is -8.46. The first-order chi connectivity index (χ1) is 33.0. The maximum atomic E-state index is 14.1. The fourth-order valence-corrected chi connectivity index (χ4v) is 10.0. The fraction of sp³-hybridized carbons (Fsp3) is 0.333. The number of hydrogen-bond donors (Lipinski definition) is 2. The molecule has 1 amide bonds. The van der Waals surface area contributed by atoms with Crippen molar-refractivity contribution >= 4 is 75.5 Å². The number of amides is 1. The van der Waals surface area contributed by atoms with E-state index in [0.717, 1.165) is 45.2 Å². The molecule has 1 atom stereocenters. The standard InChI is InChI=1S/C26H24F4O8S2.C16H16F6N2O6S2/c1-2-18-5-7-22-16-19(6-8-21(22)15-18)17-24(37-14-4-3-13-31)20-9-11-23(12-10-20)38-40(35,36)26(29,30)25(27,28)39(32,33)34;1-2-11-3-5-12(6-4-11)13(25)23-7-9-24(10-8-23)31(26,27)15(19,20)14(17,18)16(21,22)32(28,29)30/h2,5-13,15-16,24H,1,3-4,14,17H2,(H,32,33,34);2-6H,1,7-10H2,(H,28,29,30). The smallest absolute Gasteiger partial charge is 0.378 e. The molecule has 1 heterocycles. The Kier molecular flexibility index (Phi) is 18.0. The lowest BCUT2D eigenvalue weighted by atomic mass is 9.98. The zero-order chi connectivity index (χ0) is 54.5. The number of unbranched alkanes of at least 4 members (excludes halogenated alkanes) is 1. The summed E-state index contributed by atoms with van der Waals surface area (Å²) in [5, 5.41) is -24.2. The third kappa shape index (κ3) is 12.1. The lowest BCUT2D eigenvalue weighted by Crippen LogP contribution is -2.64. The highest BCUT2D eigenvalue weighted by molar-refractivity contribution is 7.92. The van der Waals surface area contributed by atoms with Crippen LogP contribution in [0.2, 0.25) is 0 Å². The van der Waals surface area contributed by atoms with Crippen LogP contribution >= 0.6 is 0 Å². The molecule has 0 aromatic heterocycles. The number of hydrogen-bond acceptors (Lipinski definition) is 12. The Balaban J connectivity index is 0.000000321. The van der Waals surface area contributed by atoms with E-state index in [9.17, 15) is 87.2 Å². The van der Waals surface area contributed by atoms with Gasteiger partial charge in [-0.05, 0) is 69.8 Å². The molecule has 0 radical (unpaired) electrons. The SMILES string of the molecule is C=Cc1ccc(C(=O)N2CCN(S(=O)(=O)C(F)(F)C(F)(F)C(F)(F)S(=O)(=O)O)CC2)cc1.C=Cc1ccc2cc(CC(OCCCC=O)c3ccc(OS(=O)(=O)C(F)(F)C(F)(F)S(=O)(=O)O)cc3)ccc2c1. The minimum Gasteiger partial charge on any atom is -0.378 e. The summed E-state index contributed by atoms with van der Waals surface area (Å²) in [7, 11) is -27.0. The van der Waals surface area contributed by atoms with Gasteiger partial charge in [-0.1, -0.05) is 79.9 Å². The average molecular weight is 1120 g/mol. The third-order valence-corrected chi connectivity index (χ3v) is 15.6. The molecule has 396 valence electrons. The third-order valence-electron chi connectivity index (χ3n) is 10.4. The van der Waals surface area contributed by atoms with Gasteiger partial charge in [-0.15, -0.1) is 0 Å². The van der Waals surface area contributed by atoms with Gasteiger partial charge in [0.1, 0.15) is 12.0 Å². The van der Waals surface area contributed by atoms with Gasteiger partial charge in [0.15, 0.2) is 0 Å². The summed E-state index contributed by atoms with van der Waals surface area (Å²) in [6, 6.07) is 21.7. The van der Waals surface area contributed by atoms with Crippen LogP contribution in [0.3, 0.4) is 0 Å². The molecule has 4 aromatic rings. The molecule has 0 aliphatic carbocycles. The summed E-state index contributed by atoms with van der Waals surface area (Å²) in [4.78, 5) is 24.1. The molecule has 1 unspecified atom stereocenters. The molecule has 16 nitrogen and oxygen atoms in total. The number of benzene rings is 4. The van der Waals surface area contributed by atoms with Crippen molar-refractivity contribution in [1.82, 2.24) is 9.21 Å². The van der Waals surface area contributed by atoms with Crippen molar-refractivity contribution in [3.05, 3.63) is 126 Å². The number of rotatable bonds is 21. The van der Waals surface area contributed by atoms with Gasteiger partial charge < -0.3 is 18.6 Å². The number of carbonyl (C=O) groups is 2. The van der Waals surface area contributed by atoms with Gasteiger partial charge in [-0.2, -0.15) is 73.5 Å². The molecule has 1 aliphatic heterocycles. The molecule has 4 aromatic carbocycles. The van der Waals surface area contributed by atoms with Crippen molar-refractivity contribution in [2.45, 2.75) is 52.3 Å². The number of sulfonamides is 1. The van der Waals surface area contributed by atoms with E-state index in [1.807, 2.05) is 36.4 Å². The topological polar surface area (TPSA) is 236 Å². The van der Waals surface area contributed by atoms with Gasteiger partial charge in [-0.25, -0.2) is 8.42 Å². The van der Waals surface area contributed by atoms with Gasteiger partial charge in [0.25, 0.3) is 15.9 Å². The number of piperazine rings is 1. The lowest BCUT2D eigenvalue weighted by Gasteiger charge is -2.38. The van der Waals surface area contributed by atoms with Gasteiger partial charge >= 0.3 is 57.3 Å².